The van der Waals surface area contributed by atoms with Crippen LogP contribution in [-0.4, -0.2) is 0 Å². The predicted molar refractivity (Wildman–Crippen MR) is 142 cm³/mol. The molecule has 4 aromatic carbocycles. The van der Waals surface area contributed by atoms with Gasteiger partial charge in [0.2, 0.25) is 5.69 Å². The van der Waals surface area contributed by atoms with Crippen LogP contribution in [0, 0.1) is 19.3 Å². The largest absolute Gasteiger partial charge is 0.222 e. The number of aromatic nitrogens is 1. The molecule has 164 valence electrons. The van der Waals surface area contributed by atoms with Crippen LogP contribution in [0.1, 0.15) is 37.5 Å². The van der Waals surface area contributed by atoms with Gasteiger partial charge in [-0.25, -0.2) is 4.57 Å². The highest BCUT2D eigenvalue weighted by Gasteiger charge is 2.31. The summed E-state index contributed by atoms with van der Waals surface area (Å²) in [6.45, 7) is 11.5. The summed E-state index contributed by atoms with van der Waals surface area (Å²) in [5.41, 5.74) is 7.22. The number of hydrogen-bond donors (Lipinski definition) is 0. The zero-order valence-electron chi connectivity index (χ0n) is 20.3. The molecule has 0 atom stereocenters. The Hall–Kier alpha value is -2.84. The summed E-state index contributed by atoms with van der Waals surface area (Å²) < 4.78 is 2.32. The third kappa shape index (κ3) is 3.11. The van der Waals surface area contributed by atoms with Gasteiger partial charge in [0.25, 0.3) is 0 Å². The van der Waals surface area contributed by atoms with Crippen molar-refractivity contribution in [3.8, 4) is 11.3 Å². The first-order valence-electron chi connectivity index (χ1n) is 11.8. The summed E-state index contributed by atoms with van der Waals surface area (Å²) in [5.74, 6) is 0. The maximum atomic E-state index is 2.41. The van der Waals surface area contributed by atoms with Crippen molar-refractivity contribution in [1.29, 1.82) is 0 Å². The van der Waals surface area contributed by atoms with Gasteiger partial charge in [0.1, 0.15) is 7.05 Å². The van der Waals surface area contributed by atoms with E-state index >= 15 is 0 Å². The number of nitrogens with zero attached hydrogens (tertiary/aromatic N) is 1. The Morgan fingerprint density at radius 1 is 0.788 bits per heavy atom. The fraction of sp³-hybridized carbons (Fsp3) is 0.258. The number of aryl methyl sites for hydroxylation is 3. The fourth-order valence-electron chi connectivity index (χ4n) is 5.66. The lowest BCUT2D eigenvalue weighted by molar-refractivity contribution is -0.659. The van der Waals surface area contributed by atoms with E-state index in [1.165, 1.54) is 70.1 Å². The summed E-state index contributed by atoms with van der Waals surface area (Å²) >= 11 is 1.97. The third-order valence-corrected chi connectivity index (χ3v) is 8.45. The molecule has 0 bridgehead atoms. The molecule has 0 N–H and O–H groups in total. The van der Waals surface area contributed by atoms with Gasteiger partial charge in [-0.3, -0.25) is 0 Å². The van der Waals surface area contributed by atoms with Gasteiger partial charge in [-0.2, -0.15) is 0 Å². The van der Waals surface area contributed by atoms with Crippen molar-refractivity contribution in [2.45, 2.75) is 50.8 Å². The van der Waals surface area contributed by atoms with Crippen molar-refractivity contribution in [2.75, 3.05) is 0 Å². The second-order valence-corrected chi connectivity index (χ2v) is 11.9. The molecule has 0 amide bonds. The van der Waals surface area contributed by atoms with Crippen molar-refractivity contribution in [2.24, 2.45) is 12.5 Å². The minimum atomic E-state index is 0.281. The van der Waals surface area contributed by atoms with Crippen LogP contribution in [0.15, 0.2) is 70.6 Å². The second-order valence-electron chi connectivity index (χ2n) is 10.8. The zero-order valence-corrected chi connectivity index (χ0v) is 21.2. The van der Waals surface area contributed by atoms with E-state index < -0.39 is 0 Å². The molecule has 1 aliphatic rings. The number of benzene rings is 4. The maximum Gasteiger partial charge on any atom is 0.222 e. The van der Waals surface area contributed by atoms with E-state index in [1.807, 2.05) is 11.8 Å². The van der Waals surface area contributed by atoms with Crippen LogP contribution in [0.5, 0.6) is 0 Å². The minimum Gasteiger partial charge on any atom is -0.200 e. The molecule has 5 aromatic rings. The molecule has 0 saturated carbocycles. The highest BCUT2D eigenvalue weighted by molar-refractivity contribution is 8.00. The summed E-state index contributed by atoms with van der Waals surface area (Å²) in [5, 5.41) is 8.18. The summed E-state index contributed by atoms with van der Waals surface area (Å²) in [4.78, 5) is 2.81. The summed E-state index contributed by atoms with van der Waals surface area (Å²) in [7, 11) is 2.19. The van der Waals surface area contributed by atoms with Gasteiger partial charge >= 0.3 is 0 Å². The van der Waals surface area contributed by atoms with E-state index in [2.05, 4.69) is 107 Å². The zero-order chi connectivity index (χ0) is 23.1. The molecule has 1 aromatic heterocycles. The number of pyridine rings is 1. The van der Waals surface area contributed by atoms with Gasteiger partial charge in [0, 0.05) is 15.9 Å². The molecule has 1 nitrogen and oxygen atoms in total. The molecular weight excluding hydrogens is 418 g/mol. The molecule has 1 aliphatic heterocycles. The monoisotopic (exact) mass is 448 g/mol. The number of hydrogen-bond acceptors (Lipinski definition) is 1. The Kier molecular flexibility index (Phi) is 4.45. The molecule has 0 radical (unpaired) electrons. The molecule has 0 spiro atoms. The average Bonchev–Trinajstić information content (AvgIpc) is 2.78. The smallest absolute Gasteiger partial charge is 0.200 e. The van der Waals surface area contributed by atoms with Crippen LogP contribution >= 0.6 is 11.8 Å². The molecule has 6 rings (SSSR count). The molecule has 0 saturated heterocycles. The van der Waals surface area contributed by atoms with E-state index in [0.29, 0.717) is 0 Å². The van der Waals surface area contributed by atoms with Crippen molar-refractivity contribution in [3.63, 3.8) is 0 Å². The Balaban J connectivity index is 1.72. The van der Waals surface area contributed by atoms with Gasteiger partial charge in [0.15, 0.2) is 6.20 Å². The summed E-state index contributed by atoms with van der Waals surface area (Å²) in [6, 6.07) is 20.7. The molecule has 0 aliphatic carbocycles. The quantitative estimate of drug-likeness (QED) is 0.181. The standard InChI is InChI=1S/C31H30NS/c1-18-23-9-7-8-10-24(23)19(2)29-26(18)28-27-21(13-14-32(28)6)16-22-15-20(17-31(3,4)5)11-12-25(22)30(27)33-29/h7-16H,17H2,1-6H3/q+1. The normalized spacial score (nSPS) is 13.2. The van der Waals surface area contributed by atoms with E-state index in [-0.39, 0.29) is 5.41 Å². The molecule has 2 heteroatoms. The van der Waals surface area contributed by atoms with Crippen LogP contribution in [0.2, 0.25) is 0 Å². The van der Waals surface area contributed by atoms with Gasteiger partial charge < -0.3 is 0 Å². The number of fused-ring (bicyclic) bond motifs is 5. The van der Waals surface area contributed by atoms with Gasteiger partial charge in [-0.15, -0.1) is 0 Å². The molecule has 33 heavy (non-hydrogen) atoms. The van der Waals surface area contributed by atoms with Crippen LogP contribution < -0.4 is 4.57 Å². The number of rotatable bonds is 1. The van der Waals surface area contributed by atoms with Crippen molar-refractivity contribution in [1.82, 2.24) is 0 Å². The lowest BCUT2D eigenvalue weighted by Crippen LogP contribution is -2.31. The average molecular weight is 449 g/mol. The lowest BCUT2D eigenvalue weighted by atomic mass is 9.87. The van der Waals surface area contributed by atoms with Gasteiger partial charge in [-0.05, 0) is 75.4 Å². The Labute approximate surface area is 200 Å². The Morgan fingerprint density at radius 2 is 1.52 bits per heavy atom. The highest BCUT2D eigenvalue weighted by Crippen LogP contribution is 2.53. The van der Waals surface area contributed by atoms with Crippen molar-refractivity contribution < 1.29 is 4.57 Å². The first kappa shape index (κ1) is 20.7. The van der Waals surface area contributed by atoms with Gasteiger partial charge in [-0.1, -0.05) is 75.0 Å². The SMILES string of the molecule is Cc1c2c(c(C)c3ccccc13)-c1c3c(c4ccc(CC(C)(C)C)cc4cc3cc[n+]1C)S2. The van der Waals surface area contributed by atoms with Crippen LogP contribution in [0.4, 0.5) is 0 Å². The second kappa shape index (κ2) is 7.08. The van der Waals surface area contributed by atoms with Crippen LogP contribution in [-0.2, 0) is 13.5 Å². The van der Waals surface area contributed by atoms with Crippen LogP contribution in [0.25, 0.3) is 43.6 Å². The molecular formula is C31H30NS+. The van der Waals surface area contributed by atoms with E-state index in [4.69, 9.17) is 0 Å². The first-order valence-corrected chi connectivity index (χ1v) is 12.6. The minimum absolute atomic E-state index is 0.281. The van der Waals surface area contributed by atoms with E-state index in [1.54, 1.807) is 0 Å². The van der Waals surface area contributed by atoms with Crippen molar-refractivity contribution in [3.05, 3.63) is 77.5 Å². The van der Waals surface area contributed by atoms with Crippen molar-refractivity contribution >= 4 is 44.1 Å². The van der Waals surface area contributed by atoms with Gasteiger partial charge in [0.05, 0.1) is 10.9 Å². The molecule has 0 unspecified atom stereocenters. The Morgan fingerprint density at radius 3 is 2.24 bits per heavy atom. The highest BCUT2D eigenvalue weighted by atomic mass is 32.2. The lowest BCUT2D eigenvalue weighted by Gasteiger charge is -2.25. The molecule has 0 fully saturated rings. The first-order chi connectivity index (χ1) is 15.7. The van der Waals surface area contributed by atoms with E-state index in [0.717, 1.165) is 6.42 Å². The maximum absolute atomic E-state index is 2.41. The fourth-order valence-corrected chi connectivity index (χ4v) is 7.09. The summed E-state index contributed by atoms with van der Waals surface area (Å²) in [6.07, 6.45) is 3.32. The van der Waals surface area contributed by atoms with E-state index in [9.17, 15) is 0 Å². The third-order valence-electron chi connectivity index (χ3n) is 7.11. The topological polar surface area (TPSA) is 3.88 Å². The molecule has 2 heterocycles. The van der Waals surface area contributed by atoms with Crippen LogP contribution in [0.3, 0.4) is 0 Å². The Bertz CT molecular complexity index is 1620. The predicted octanol–water partition coefficient (Wildman–Crippen LogP) is 8.31.